The van der Waals surface area contributed by atoms with E-state index in [1.54, 1.807) is 0 Å². The summed E-state index contributed by atoms with van der Waals surface area (Å²) in [5, 5.41) is 8.74. The van der Waals surface area contributed by atoms with Crippen molar-refractivity contribution in [1.29, 1.82) is 0 Å². The number of aromatic nitrogens is 3. The smallest absolute Gasteiger partial charge is 0.232 e. The van der Waals surface area contributed by atoms with Gasteiger partial charge in [0.15, 0.2) is 10.3 Å². The standard InChI is InChI=1S/C18H13ClN4OS2/c19-13-5-3-12(4-6-13)15-11-25-17(21-15)22-16(24)9-14-10-26-18(20-14)23-7-1-2-8-23/h1-8,10-11H,9H2,(H,21,22,24). The van der Waals surface area contributed by atoms with Crippen LogP contribution < -0.4 is 5.32 Å². The van der Waals surface area contributed by atoms with E-state index < -0.39 is 0 Å². The predicted octanol–water partition coefficient (Wildman–Crippen LogP) is 4.89. The van der Waals surface area contributed by atoms with Crippen molar-refractivity contribution in [3.63, 3.8) is 0 Å². The third-order valence-corrected chi connectivity index (χ3v) is 5.51. The predicted molar refractivity (Wildman–Crippen MR) is 106 cm³/mol. The van der Waals surface area contributed by atoms with Crippen LogP contribution in [0.5, 0.6) is 0 Å². The molecule has 3 aromatic heterocycles. The summed E-state index contributed by atoms with van der Waals surface area (Å²) < 4.78 is 1.92. The second-order valence-electron chi connectivity index (χ2n) is 5.48. The van der Waals surface area contributed by atoms with Crippen molar-refractivity contribution < 1.29 is 4.79 Å². The number of benzene rings is 1. The quantitative estimate of drug-likeness (QED) is 0.518. The number of carbonyl (C=O) groups is 1. The number of nitrogens with one attached hydrogen (secondary N) is 1. The first-order valence-electron chi connectivity index (χ1n) is 7.76. The molecule has 0 spiro atoms. The zero-order valence-corrected chi connectivity index (χ0v) is 15.8. The molecule has 0 saturated heterocycles. The minimum Gasteiger partial charge on any atom is -0.302 e. The normalized spacial score (nSPS) is 10.8. The summed E-state index contributed by atoms with van der Waals surface area (Å²) in [6.45, 7) is 0. The number of anilines is 1. The van der Waals surface area contributed by atoms with Crippen LogP contribution in [0.4, 0.5) is 5.13 Å². The van der Waals surface area contributed by atoms with Crippen LogP contribution in [0.2, 0.25) is 5.02 Å². The number of hydrogen-bond donors (Lipinski definition) is 1. The topological polar surface area (TPSA) is 59.8 Å². The highest BCUT2D eigenvalue weighted by molar-refractivity contribution is 7.14. The van der Waals surface area contributed by atoms with Gasteiger partial charge in [-0.15, -0.1) is 22.7 Å². The Morgan fingerprint density at radius 1 is 1.08 bits per heavy atom. The first-order valence-corrected chi connectivity index (χ1v) is 9.90. The van der Waals surface area contributed by atoms with Crippen LogP contribution in [0, 0.1) is 0 Å². The van der Waals surface area contributed by atoms with Crippen molar-refractivity contribution in [2.45, 2.75) is 6.42 Å². The Kier molecular flexibility index (Phi) is 4.83. The third kappa shape index (κ3) is 3.85. The maximum atomic E-state index is 12.3. The summed E-state index contributed by atoms with van der Waals surface area (Å²) in [4.78, 5) is 21.2. The summed E-state index contributed by atoms with van der Waals surface area (Å²) >= 11 is 8.80. The lowest BCUT2D eigenvalue weighted by Crippen LogP contribution is -2.14. The van der Waals surface area contributed by atoms with E-state index in [1.165, 1.54) is 22.7 Å². The van der Waals surface area contributed by atoms with Crippen LogP contribution in [-0.2, 0) is 11.2 Å². The van der Waals surface area contributed by atoms with E-state index in [0.717, 1.165) is 22.1 Å². The van der Waals surface area contributed by atoms with Crippen LogP contribution >= 0.6 is 34.3 Å². The Bertz CT molecular complexity index is 1020. The van der Waals surface area contributed by atoms with Crippen LogP contribution in [0.15, 0.2) is 59.6 Å². The Hall–Kier alpha value is -2.48. The van der Waals surface area contributed by atoms with Gasteiger partial charge in [0.05, 0.1) is 17.8 Å². The van der Waals surface area contributed by atoms with Gasteiger partial charge < -0.3 is 9.88 Å². The van der Waals surface area contributed by atoms with Crippen molar-refractivity contribution in [1.82, 2.24) is 14.5 Å². The van der Waals surface area contributed by atoms with E-state index in [4.69, 9.17) is 11.6 Å². The number of carbonyl (C=O) groups excluding carboxylic acids is 1. The summed E-state index contributed by atoms with van der Waals surface area (Å²) in [6.07, 6.45) is 4.07. The first-order chi connectivity index (χ1) is 12.7. The van der Waals surface area contributed by atoms with E-state index in [9.17, 15) is 4.79 Å². The van der Waals surface area contributed by atoms with Gasteiger partial charge in [0, 0.05) is 33.7 Å². The van der Waals surface area contributed by atoms with E-state index in [0.29, 0.717) is 10.2 Å². The molecule has 0 aliphatic rings. The van der Waals surface area contributed by atoms with Gasteiger partial charge in [0.1, 0.15) is 0 Å². The first kappa shape index (κ1) is 17.0. The highest BCUT2D eigenvalue weighted by atomic mass is 35.5. The van der Waals surface area contributed by atoms with Crippen LogP contribution in [-0.4, -0.2) is 20.4 Å². The Labute approximate surface area is 162 Å². The molecule has 1 aromatic carbocycles. The number of rotatable bonds is 5. The minimum atomic E-state index is -0.133. The molecule has 8 heteroatoms. The van der Waals surface area contributed by atoms with Crippen molar-refractivity contribution in [2.75, 3.05) is 5.32 Å². The molecule has 3 heterocycles. The highest BCUT2D eigenvalue weighted by Crippen LogP contribution is 2.26. The van der Waals surface area contributed by atoms with Gasteiger partial charge in [-0.3, -0.25) is 4.79 Å². The second-order valence-corrected chi connectivity index (χ2v) is 7.61. The molecule has 5 nitrogen and oxygen atoms in total. The molecule has 0 atom stereocenters. The summed E-state index contributed by atoms with van der Waals surface area (Å²) in [5.74, 6) is -0.133. The Balaban J connectivity index is 1.40. The highest BCUT2D eigenvalue weighted by Gasteiger charge is 2.11. The molecule has 0 radical (unpaired) electrons. The van der Waals surface area contributed by atoms with E-state index in [-0.39, 0.29) is 12.3 Å². The molecule has 130 valence electrons. The molecule has 1 amide bonds. The van der Waals surface area contributed by atoms with Crippen LogP contribution in [0.25, 0.3) is 16.4 Å². The molecule has 26 heavy (non-hydrogen) atoms. The minimum absolute atomic E-state index is 0.133. The van der Waals surface area contributed by atoms with Crippen molar-refractivity contribution in [3.8, 4) is 16.4 Å². The van der Waals surface area contributed by atoms with Crippen LogP contribution in [0.3, 0.4) is 0 Å². The lowest BCUT2D eigenvalue weighted by molar-refractivity contribution is -0.115. The number of hydrogen-bond acceptors (Lipinski definition) is 5. The van der Waals surface area contributed by atoms with E-state index in [2.05, 4.69) is 15.3 Å². The zero-order chi connectivity index (χ0) is 17.9. The number of amides is 1. The molecule has 1 N–H and O–H groups in total. The Morgan fingerprint density at radius 2 is 1.85 bits per heavy atom. The van der Waals surface area contributed by atoms with E-state index >= 15 is 0 Å². The molecule has 0 aliphatic heterocycles. The van der Waals surface area contributed by atoms with Gasteiger partial charge in [-0.1, -0.05) is 23.7 Å². The number of thiazole rings is 2. The monoisotopic (exact) mass is 400 g/mol. The Morgan fingerprint density at radius 3 is 2.62 bits per heavy atom. The largest absolute Gasteiger partial charge is 0.302 e. The van der Waals surface area contributed by atoms with Gasteiger partial charge in [0.25, 0.3) is 0 Å². The molecule has 0 fully saturated rings. The summed E-state index contributed by atoms with van der Waals surface area (Å²) in [6, 6.07) is 11.3. The van der Waals surface area contributed by atoms with Crippen molar-refractivity contribution >= 4 is 45.3 Å². The SMILES string of the molecule is O=C(Cc1csc(-n2cccc2)n1)Nc1nc(-c2ccc(Cl)cc2)cs1. The molecule has 0 bridgehead atoms. The van der Waals surface area contributed by atoms with Gasteiger partial charge in [0.2, 0.25) is 5.91 Å². The number of halogens is 1. The second kappa shape index (κ2) is 7.41. The lowest BCUT2D eigenvalue weighted by atomic mass is 10.2. The molecule has 4 rings (SSSR count). The average molecular weight is 401 g/mol. The fourth-order valence-electron chi connectivity index (χ4n) is 2.37. The van der Waals surface area contributed by atoms with Gasteiger partial charge in [-0.2, -0.15) is 0 Å². The summed E-state index contributed by atoms with van der Waals surface area (Å²) in [7, 11) is 0. The van der Waals surface area contributed by atoms with Gasteiger partial charge in [-0.05, 0) is 24.3 Å². The fraction of sp³-hybridized carbons (Fsp3) is 0.0556. The van der Waals surface area contributed by atoms with E-state index in [1.807, 2.05) is 64.1 Å². The molecular weight excluding hydrogens is 388 g/mol. The maximum Gasteiger partial charge on any atom is 0.232 e. The lowest BCUT2D eigenvalue weighted by Gasteiger charge is -2.00. The third-order valence-electron chi connectivity index (χ3n) is 3.60. The zero-order valence-electron chi connectivity index (χ0n) is 13.4. The van der Waals surface area contributed by atoms with Gasteiger partial charge >= 0.3 is 0 Å². The van der Waals surface area contributed by atoms with Crippen molar-refractivity contribution in [2.24, 2.45) is 0 Å². The molecule has 0 saturated carbocycles. The van der Waals surface area contributed by atoms with Crippen LogP contribution in [0.1, 0.15) is 5.69 Å². The molecular formula is C18H13ClN4OS2. The number of nitrogens with zero attached hydrogens (tertiary/aromatic N) is 3. The molecule has 4 aromatic rings. The van der Waals surface area contributed by atoms with Crippen molar-refractivity contribution in [3.05, 3.63) is 70.3 Å². The average Bonchev–Trinajstić information content (AvgIpc) is 3.36. The maximum absolute atomic E-state index is 12.3. The fourth-order valence-corrected chi connectivity index (χ4v) is 4.02. The molecule has 0 aliphatic carbocycles. The molecule has 0 unspecified atom stereocenters. The summed E-state index contributed by atoms with van der Waals surface area (Å²) in [5.41, 5.74) is 2.51. The van der Waals surface area contributed by atoms with Gasteiger partial charge in [-0.25, -0.2) is 9.97 Å².